The van der Waals surface area contributed by atoms with Crippen LogP contribution in [0.5, 0.6) is 0 Å². The molecule has 0 spiro atoms. The summed E-state index contributed by atoms with van der Waals surface area (Å²) in [6.45, 7) is 3.26. The SMILES string of the molecule is Cc1nnc(CC(C)C(=O)O)nn1. The second kappa shape index (κ2) is 3.88. The van der Waals surface area contributed by atoms with Gasteiger partial charge < -0.3 is 5.11 Å². The average Bonchev–Trinajstić information content (AvgIpc) is 2.08. The maximum atomic E-state index is 10.5. The van der Waals surface area contributed by atoms with Gasteiger partial charge in [0.2, 0.25) is 0 Å². The van der Waals surface area contributed by atoms with Gasteiger partial charge in [-0.15, -0.1) is 20.4 Å². The van der Waals surface area contributed by atoms with Crippen molar-refractivity contribution in [1.82, 2.24) is 20.4 Å². The van der Waals surface area contributed by atoms with Gasteiger partial charge in [-0.1, -0.05) is 6.92 Å². The normalized spacial score (nSPS) is 12.5. The summed E-state index contributed by atoms with van der Waals surface area (Å²) in [4.78, 5) is 10.5. The molecule has 0 aromatic carbocycles. The fourth-order valence-corrected chi connectivity index (χ4v) is 0.743. The number of hydrogen-bond donors (Lipinski definition) is 1. The van der Waals surface area contributed by atoms with Crippen LogP contribution < -0.4 is 0 Å². The molecule has 0 aliphatic rings. The van der Waals surface area contributed by atoms with E-state index in [4.69, 9.17) is 5.11 Å². The smallest absolute Gasteiger partial charge is 0.306 e. The van der Waals surface area contributed by atoms with Gasteiger partial charge in [0.05, 0.1) is 5.92 Å². The Morgan fingerprint density at radius 1 is 1.38 bits per heavy atom. The number of nitrogens with zero attached hydrogens (tertiary/aromatic N) is 4. The Morgan fingerprint density at radius 3 is 2.38 bits per heavy atom. The van der Waals surface area contributed by atoms with E-state index in [9.17, 15) is 4.79 Å². The van der Waals surface area contributed by atoms with Crippen molar-refractivity contribution >= 4 is 5.97 Å². The van der Waals surface area contributed by atoms with E-state index in [0.717, 1.165) is 0 Å². The van der Waals surface area contributed by atoms with Gasteiger partial charge in [-0.3, -0.25) is 4.79 Å². The quantitative estimate of drug-likeness (QED) is 0.698. The number of carboxylic acids is 1. The molecule has 0 saturated carbocycles. The highest BCUT2D eigenvalue weighted by Crippen LogP contribution is 2.01. The molecular formula is C7H10N4O2. The molecule has 0 radical (unpaired) electrons. The van der Waals surface area contributed by atoms with Gasteiger partial charge in [0.15, 0.2) is 11.6 Å². The summed E-state index contributed by atoms with van der Waals surface area (Å²) in [6, 6.07) is 0. The van der Waals surface area contributed by atoms with E-state index >= 15 is 0 Å². The second-order valence-electron chi connectivity index (χ2n) is 2.81. The van der Waals surface area contributed by atoms with Crippen LogP contribution in [-0.4, -0.2) is 31.5 Å². The lowest BCUT2D eigenvalue weighted by Gasteiger charge is -2.02. The first-order valence-electron chi connectivity index (χ1n) is 3.85. The molecule has 0 amide bonds. The van der Waals surface area contributed by atoms with Crippen LogP contribution in [0.25, 0.3) is 0 Å². The topological polar surface area (TPSA) is 88.9 Å². The predicted octanol–water partition coefficient (Wildman–Crippen LogP) is -0.162. The molecule has 0 fully saturated rings. The first-order chi connectivity index (χ1) is 6.09. The number of carboxylic acid groups (broad SMARTS) is 1. The van der Waals surface area contributed by atoms with Crippen molar-refractivity contribution in [1.29, 1.82) is 0 Å². The maximum Gasteiger partial charge on any atom is 0.306 e. The van der Waals surface area contributed by atoms with Gasteiger partial charge in [-0.05, 0) is 6.92 Å². The minimum absolute atomic E-state index is 0.260. The van der Waals surface area contributed by atoms with Crippen LogP contribution in [0.15, 0.2) is 0 Å². The number of hydrogen-bond acceptors (Lipinski definition) is 5. The number of carbonyl (C=O) groups is 1. The first-order valence-corrected chi connectivity index (χ1v) is 3.85. The fraction of sp³-hybridized carbons (Fsp3) is 0.571. The zero-order valence-corrected chi connectivity index (χ0v) is 7.43. The first kappa shape index (κ1) is 9.50. The van der Waals surface area contributed by atoms with Gasteiger partial charge in [-0.2, -0.15) is 0 Å². The summed E-state index contributed by atoms with van der Waals surface area (Å²) in [5, 5.41) is 23.4. The molecule has 1 heterocycles. The van der Waals surface area contributed by atoms with Gasteiger partial charge in [0, 0.05) is 6.42 Å². The van der Waals surface area contributed by atoms with E-state index in [1.807, 2.05) is 0 Å². The Balaban J connectivity index is 2.64. The Kier molecular flexibility index (Phi) is 2.84. The van der Waals surface area contributed by atoms with Crippen LogP contribution in [0, 0.1) is 12.8 Å². The van der Waals surface area contributed by atoms with E-state index in [2.05, 4.69) is 20.4 Å². The fourth-order valence-electron chi connectivity index (χ4n) is 0.743. The molecule has 0 bridgehead atoms. The third-order valence-electron chi connectivity index (χ3n) is 1.53. The molecule has 1 N–H and O–H groups in total. The van der Waals surface area contributed by atoms with Crippen molar-refractivity contribution in [2.45, 2.75) is 20.3 Å². The lowest BCUT2D eigenvalue weighted by atomic mass is 10.1. The minimum atomic E-state index is -0.871. The summed E-state index contributed by atoms with van der Waals surface area (Å²) in [5.41, 5.74) is 0. The van der Waals surface area contributed by atoms with E-state index in [0.29, 0.717) is 11.6 Å². The van der Waals surface area contributed by atoms with Crippen LogP contribution in [-0.2, 0) is 11.2 Å². The number of aliphatic carboxylic acids is 1. The summed E-state index contributed by atoms with van der Waals surface area (Å²) in [5.74, 6) is -0.539. The highest BCUT2D eigenvalue weighted by Gasteiger charge is 2.13. The maximum absolute atomic E-state index is 10.5. The van der Waals surface area contributed by atoms with Gasteiger partial charge in [0.25, 0.3) is 0 Å². The van der Waals surface area contributed by atoms with E-state index < -0.39 is 11.9 Å². The Morgan fingerprint density at radius 2 is 1.92 bits per heavy atom. The van der Waals surface area contributed by atoms with Crippen LogP contribution in [0.3, 0.4) is 0 Å². The minimum Gasteiger partial charge on any atom is -0.481 e. The van der Waals surface area contributed by atoms with Crippen LogP contribution >= 0.6 is 0 Å². The van der Waals surface area contributed by atoms with Crippen LogP contribution in [0.1, 0.15) is 18.6 Å². The molecule has 1 unspecified atom stereocenters. The van der Waals surface area contributed by atoms with Crippen molar-refractivity contribution in [2.75, 3.05) is 0 Å². The lowest BCUT2D eigenvalue weighted by Crippen LogP contribution is -2.15. The molecular weight excluding hydrogens is 172 g/mol. The monoisotopic (exact) mass is 182 g/mol. The highest BCUT2D eigenvalue weighted by molar-refractivity contribution is 5.69. The molecule has 6 heteroatoms. The number of rotatable bonds is 3. The predicted molar refractivity (Wildman–Crippen MR) is 42.9 cm³/mol. The lowest BCUT2D eigenvalue weighted by molar-refractivity contribution is -0.141. The van der Waals surface area contributed by atoms with Gasteiger partial charge in [0.1, 0.15) is 0 Å². The number of aromatic nitrogens is 4. The van der Waals surface area contributed by atoms with Crippen LogP contribution in [0.4, 0.5) is 0 Å². The summed E-state index contributed by atoms with van der Waals surface area (Å²) in [7, 11) is 0. The standard InChI is InChI=1S/C7H10N4O2/c1-4(7(12)13)3-6-10-8-5(2)9-11-6/h4H,3H2,1-2H3,(H,12,13). The van der Waals surface area contributed by atoms with Crippen molar-refractivity contribution in [3.8, 4) is 0 Å². The zero-order valence-electron chi connectivity index (χ0n) is 7.43. The molecule has 1 rings (SSSR count). The highest BCUT2D eigenvalue weighted by atomic mass is 16.4. The summed E-state index contributed by atoms with van der Waals surface area (Å²) in [6.07, 6.45) is 0.260. The van der Waals surface area contributed by atoms with E-state index in [1.165, 1.54) is 0 Å². The molecule has 1 atom stereocenters. The summed E-state index contributed by atoms with van der Waals surface area (Å²) >= 11 is 0. The van der Waals surface area contributed by atoms with Gasteiger partial charge in [-0.25, -0.2) is 0 Å². The summed E-state index contributed by atoms with van der Waals surface area (Å²) < 4.78 is 0. The van der Waals surface area contributed by atoms with Gasteiger partial charge >= 0.3 is 5.97 Å². The average molecular weight is 182 g/mol. The molecule has 0 aliphatic heterocycles. The molecule has 1 aromatic heterocycles. The second-order valence-corrected chi connectivity index (χ2v) is 2.81. The van der Waals surface area contributed by atoms with Crippen molar-refractivity contribution in [3.63, 3.8) is 0 Å². The van der Waals surface area contributed by atoms with Crippen molar-refractivity contribution in [3.05, 3.63) is 11.6 Å². The zero-order chi connectivity index (χ0) is 9.84. The third kappa shape index (κ3) is 2.73. The number of aryl methyl sites for hydroxylation is 1. The van der Waals surface area contributed by atoms with Crippen molar-refractivity contribution in [2.24, 2.45) is 5.92 Å². The van der Waals surface area contributed by atoms with E-state index in [1.54, 1.807) is 13.8 Å². The Bertz CT molecular complexity index is 298. The molecule has 13 heavy (non-hydrogen) atoms. The largest absolute Gasteiger partial charge is 0.481 e. The molecule has 0 saturated heterocycles. The Hall–Kier alpha value is -1.59. The molecule has 0 aliphatic carbocycles. The van der Waals surface area contributed by atoms with Crippen LogP contribution in [0.2, 0.25) is 0 Å². The third-order valence-corrected chi connectivity index (χ3v) is 1.53. The Labute approximate surface area is 75.0 Å². The molecule has 70 valence electrons. The molecule has 6 nitrogen and oxygen atoms in total. The van der Waals surface area contributed by atoms with E-state index in [-0.39, 0.29) is 6.42 Å². The molecule has 1 aromatic rings. The van der Waals surface area contributed by atoms with Crippen molar-refractivity contribution < 1.29 is 9.90 Å².